The van der Waals surface area contributed by atoms with E-state index < -0.39 is 0 Å². The van der Waals surface area contributed by atoms with Crippen LogP contribution in [0.2, 0.25) is 0 Å². The van der Waals surface area contributed by atoms with Gasteiger partial charge in [0.25, 0.3) is 5.91 Å². The number of rotatable bonds is 7. The Balaban J connectivity index is 2.16. The van der Waals surface area contributed by atoms with E-state index >= 15 is 0 Å². The molecule has 0 aliphatic carbocycles. The highest BCUT2D eigenvalue weighted by Crippen LogP contribution is 2.27. The third-order valence-electron chi connectivity index (χ3n) is 3.35. The quantitative estimate of drug-likeness (QED) is 0.728. The van der Waals surface area contributed by atoms with Gasteiger partial charge in [0.15, 0.2) is 0 Å². The molecule has 6 nitrogen and oxygen atoms in total. The first-order valence-electron chi connectivity index (χ1n) is 7.75. The Morgan fingerprint density at radius 3 is 2.58 bits per heavy atom. The highest BCUT2D eigenvalue weighted by Gasteiger charge is 2.23. The van der Waals surface area contributed by atoms with Crippen molar-refractivity contribution in [1.82, 2.24) is 10.5 Å². The van der Waals surface area contributed by atoms with Crippen LogP contribution in [0.5, 0.6) is 0 Å². The van der Waals surface area contributed by atoms with Gasteiger partial charge in [0, 0.05) is 23.0 Å². The number of aromatic nitrogens is 1. The fourth-order valence-electron chi connectivity index (χ4n) is 2.20. The molecule has 7 heteroatoms. The SMILES string of the molecule is CCOC(=O)CCNC(=O)c1c(-c2ccc(Br)cc2)noc1CC. The van der Waals surface area contributed by atoms with E-state index in [0.29, 0.717) is 30.0 Å². The molecule has 24 heavy (non-hydrogen) atoms. The molecule has 0 saturated carbocycles. The maximum Gasteiger partial charge on any atom is 0.307 e. The average molecular weight is 395 g/mol. The number of esters is 1. The van der Waals surface area contributed by atoms with Crippen molar-refractivity contribution in [3.8, 4) is 11.3 Å². The standard InChI is InChI=1S/C17H19BrN2O4/c1-3-13-15(17(22)19-10-9-14(21)23-4-2)16(20-24-13)11-5-7-12(18)8-6-11/h5-8H,3-4,9-10H2,1-2H3,(H,19,22). The molecule has 0 bridgehead atoms. The van der Waals surface area contributed by atoms with Crippen LogP contribution in [0.15, 0.2) is 33.3 Å². The van der Waals surface area contributed by atoms with E-state index in [1.165, 1.54) is 0 Å². The van der Waals surface area contributed by atoms with Crippen LogP contribution in [0.3, 0.4) is 0 Å². The normalized spacial score (nSPS) is 10.5. The van der Waals surface area contributed by atoms with Gasteiger partial charge in [-0.05, 0) is 19.1 Å². The number of nitrogens with one attached hydrogen (secondary N) is 1. The number of benzene rings is 1. The van der Waals surface area contributed by atoms with Crippen LogP contribution in [0.25, 0.3) is 11.3 Å². The second-order valence-corrected chi connectivity index (χ2v) is 5.92. The maximum atomic E-state index is 12.5. The van der Waals surface area contributed by atoms with Gasteiger partial charge in [0.05, 0.1) is 13.0 Å². The van der Waals surface area contributed by atoms with E-state index in [1.54, 1.807) is 6.92 Å². The first-order valence-corrected chi connectivity index (χ1v) is 8.54. The third kappa shape index (κ3) is 4.44. The van der Waals surface area contributed by atoms with E-state index in [4.69, 9.17) is 9.26 Å². The maximum absolute atomic E-state index is 12.5. The summed E-state index contributed by atoms with van der Waals surface area (Å²) in [5.41, 5.74) is 1.69. The molecule has 0 aliphatic rings. The summed E-state index contributed by atoms with van der Waals surface area (Å²) in [5, 5.41) is 6.76. The van der Waals surface area contributed by atoms with Crippen molar-refractivity contribution in [2.75, 3.05) is 13.2 Å². The summed E-state index contributed by atoms with van der Waals surface area (Å²) in [5.74, 6) is -0.135. The summed E-state index contributed by atoms with van der Waals surface area (Å²) in [6.07, 6.45) is 0.671. The summed E-state index contributed by atoms with van der Waals surface area (Å²) in [6.45, 7) is 4.16. The zero-order valence-electron chi connectivity index (χ0n) is 13.6. The molecule has 1 aromatic heterocycles. The number of carbonyl (C=O) groups excluding carboxylic acids is 2. The average Bonchev–Trinajstić information content (AvgIpc) is 2.99. The number of aryl methyl sites for hydroxylation is 1. The highest BCUT2D eigenvalue weighted by molar-refractivity contribution is 9.10. The topological polar surface area (TPSA) is 81.4 Å². The number of halogens is 1. The Morgan fingerprint density at radius 2 is 1.96 bits per heavy atom. The number of hydrogen-bond donors (Lipinski definition) is 1. The first kappa shape index (κ1) is 18.2. The van der Waals surface area contributed by atoms with Gasteiger partial charge < -0.3 is 14.6 Å². The molecule has 1 aromatic carbocycles. The van der Waals surface area contributed by atoms with Crippen LogP contribution in [-0.4, -0.2) is 30.2 Å². The Labute approximate surface area is 148 Å². The molecule has 0 fully saturated rings. The number of ether oxygens (including phenoxy) is 1. The zero-order valence-corrected chi connectivity index (χ0v) is 15.2. The van der Waals surface area contributed by atoms with Crippen molar-refractivity contribution in [2.45, 2.75) is 26.7 Å². The zero-order chi connectivity index (χ0) is 17.5. The second kappa shape index (κ2) is 8.63. The minimum atomic E-state index is -0.341. The lowest BCUT2D eigenvalue weighted by Crippen LogP contribution is -2.27. The lowest BCUT2D eigenvalue weighted by Gasteiger charge is -2.06. The van der Waals surface area contributed by atoms with Gasteiger partial charge in [-0.2, -0.15) is 0 Å². The van der Waals surface area contributed by atoms with Gasteiger partial charge in [0.2, 0.25) is 0 Å². The summed E-state index contributed by atoms with van der Waals surface area (Å²) < 4.78 is 11.1. The predicted molar refractivity (Wildman–Crippen MR) is 92.6 cm³/mol. The Hall–Kier alpha value is -2.15. The minimum Gasteiger partial charge on any atom is -0.466 e. The van der Waals surface area contributed by atoms with Gasteiger partial charge in [0.1, 0.15) is 17.0 Å². The largest absolute Gasteiger partial charge is 0.466 e. The summed E-state index contributed by atoms with van der Waals surface area (Å²) in [6, 6.07) is 7.46. The number of carbonyl (C=O) groups is 2. The van der Waals surface area contributed by atoms with Crippen LogP contribution in [0.1, 0.15) is 36.4 Å². The van der Waals surface area contributed by atoms with Crippen LogP contribution < -0.4 is 5.32 Å². The molecular weight excluding hydrogens is 376 g/mol. The molecule has 0 spiro atoms. The Bertz CT molecular complexity index is 710. The Kier molecular flexibility index (Phi) is 6.54. The molecule has 128 valence electrons. The molecular formula is C17H19BrN2O4. The molecule has 0 unspecified atom stereocenters. The Morgan fingerprint density at radius 1 is 1.25 bits per heavy atom. The molecule has 2 aromatic rings. The van der Waals surface area contributed by atoms with Gasteiger partial charge in [-0.25, -0.2) is 0 Å². The fourth-order valence-corrected chi connectivity index (χ4v) is 2.47. The van der Waals surface area contributed by atoms with Crippen molar-refractivity contribution in [2.24, 2.45) is 0 Å². The van der Waals surface area contributed by atoms with Crippen molar-refractivity contribution in [3.63, 3.8) is 0 Å². The minimum absolute atomic E-state index is 0.125. The van der Waals surface area contributed by atoms with Crippen molar-refractivity contribution in [1.29, 1.82) is 0 Å². The van der Waals surface area contributed by atoms with Crippen LogP contribution >= 0.6 is 15.9 Å². The van der Waals surface area contributed by atoms with Crippen LogP contribution in [0, 0.1) is 0 Å². The lowest BCUT2D eigenvalue weighted by molar-refractivity contribution is -0.142. The van der Waals surface area contributed by atoms with Gasteiger partial charge >= 0.3 is 5.97 Å². The van der Waals surface area contributed by atoms with Gasteiger partial charge in [-0.15, -0.1) is 0 Å². The van der Waals surface area contributed by atoms with Gasteiger partial charge in [-0.1, -0.05) is 40.1 Å². The second-order valence-electron chi connectivity index (χ2n) is 5.00. The van der Waals surface area contributed by atoms with Crippen molar-refractivity contribution in [3.05, 3.63) is 40.1 Å². The smallest absolute Gasteiger partial charge is 0.307 e. The number of nitrogens with zero attached hydrogens (tertiary/aromatic N) is 1. The first-order chi connectivity index (χ1) is 11.6. The third-order valence-corrected chi connectivity index (χ3v) is 3.88. The molecule has 0 radical (unpaired) electrons. The van der Waals surface area contributed by atoms with E-state index in [9.17, 15) is 9.59 Å². The summed E-state index contributed by atoms with van der Waals surface area (Å²) in [4.78, 5) is 23.9. The highest BCUT2D eigenvalue weighted by atomic mass is 79.9. The number of hydrogen-bond acceptors (Lipinski definition) is 5. The molecule has 2 rings (SSSR count). The van der Waals surface area contributed by atoms with E-state index in [-0.39, 0.29) is 24.8 Å². The van der Waals surface area contributed by atoms with Crippen molar-refractivity contribution >= 4 is 27.8 Å². The van der Waals surface area contributed by atoms with E-state index in [0.717, 1.165) is 10.0 Å². The monoisotopic (exact) mass is 394 g/mol. The predicted octanol–water partition coefficient (Wildman–Crippen LogP) is 3.35. The molecule has 1 amide bonds. The summed E-state index contributed by atoms with van der Waals surface area (Å²) in [7, 11) is 0. The molecule has 0 aliphatic heterocycles. The molecule has 1 N–H and O–H groups in total. The molecule has 0 saturated heterocycles. The van der Waals surface area contributed by atoms with Crippen molar-refractivity contribution < 1.29 is 18.8 Å². The molecule has 1 heterocycles. The number of amides is 1. The van der Waals surface area contributed by atoms with Gasteiger partial charge in [-0.3, -0.25) is 9.59 Å². The van der Waals surface area contributed by atoms with Crippen LogP contribution in [0.4, 0.5) is 0 Å². The fraction of sp³-hybridized carbons (Fsp3) is 0.353. The molecule has 0 atom stereocenters. The van der Waals surface area contributed by atoms with E-state index in [2.05, 4.69) is 26.4 Å². The van der Waals surface area contributed by atoms with E-state index in [1.807, 2.05) is 31.2 Å². The van der Waals surface area contributed by atoms with Crippen LogP contribution in [-0.2, 0) is 16.0 Å². The summed E-state index contributed by atoms with van der Waals surface area (Å²) >= 11 is 3.38. The lowest BCUT2D eigenvalue weighted by atomic mass is 10.0.